The molecule has 0 unspecified atom stereocenters. The molecule has 1 aromatic rings. The Hall–Kier alpha value is -0.680. The second-order valence-corrected chi connectivity index (χ2v) is 6.18. The molecule has 0 fully saturated rings. The van der Waals surface area contributed by atoms with Crippen molar-refractivity contribution >= 4 is 21.7 Å². The average Bonchev–Trinajstić information content (AvgIpc) is 2.53. The minimum absolute atomic E-state index is 0.208. The topological polar surface area (TPSA) is 60.9 Å². The van der Waals surface area contributed by atoms with Crippen molar-refractivity contribution < 1.29 is 4.79 Å². The lowest BCUT2D eigenvalue weighted by Crippen LogP contribution is -2.32. The first-order valence-corrected chi connectivity index (χ1v) is 7.04. The number of nitrogens with zero attached hydrogens (tertiary/aromatic N) is 2. The van der Waals surface area contributed by atoms with E-state index >= 15 is 0 Å². The molecular weight excluding hydrogens is 294 g/mol. The van der Waals surface area contributed by atoms with Gasteiger partial charge in [0.05, 0.1) is 15.9 Å². The van der Waals surface area contributed by atoms with Crippen LogP contribution >= 0.6 is 15.9 Å². The highest BCUT2D eigenvalue weighted by molar-refractivity contribution is 9.10. The molecule has 18 heavy (non-hydrogen) atoms. The third kappa shape index (κ3) is 4.21. The van der Waals surface area contributed by atoms with Gasteiger partial charge in [0.2, 0.25) is 0 Å². The lowest BCUT2D eigenvalue weighted by Gasteiger charge is -2.17. The van der Waals surface area contributed by atoms with E-state index in [1.165, 1.54) is 0 Å². The number of hydrogen-bond donors (Lipinski definition) is 1. The van der Waals surface area contributed by atoms with Crippen LogP contribution in [0.15, 0.2) is 4.47 Å². The zero-order chi connectivity index (χ0) is 13.9. The summed E-state index contributed by atoms with van der Waals surface area (Å²) < 4.78 is 2.75. The first-order chi connectivity index (χ1) is 8.24. The van der Waals surface area contributed by atoms with Crippen molar-refractivity contribution in [2.45, 2.75) is 52.0 Å². The van der Waals surface area contributed by atoms with E-state index in [-0.39, 0.29) is 11.3 Å². The summed E-state index contributed by atoms with van der Waals surface area (Å²) in [5, 5.41) is 4.38. The standard InChI is InChI=1S/C13H22BrN3O/c1-5-10-12(14)11(17(4)16-10)8-9(18)6-7-13(2,3)15/h5-8,15H2,1-4H3. The van der Waals surface area contributed by atoms with Gasteiger partial charge in [0.1, 0.15) is 5.78 Å². The molecule has 0 spiro atoms. The SMILES string of the molecule is CCc1nn(C)c(CC(=O)CCC(C)(C)N)c1Br. The van der Waals surface area contributed by atoms with Gasteiger partial charge in [-0.3, -0.25) is 9.48 Å². The number of aromatic nitrogens is 2. The number of ketones is 1. The molecule has 0 radical (unpaired) electrons. The maximum atomic E-state index is 11.9. The van der Waals surface area contributed by atoms with Gasteiger partial charge in [-0.1, -0.05) is 6.92 Å². The molecule has 0 aliphatic heterocycles. The van der Waals surface area contributed by atoms with Crippen molar-refractivity contribution in [3.8, 4) is 0 Å². The number of rotatable bonds is 6. The van der Waals surface area contributed by atoms with Crippen LogP contribution in [0, 0.1) is 0 Å². The van der Waals surface area contributed by atoms with Gasteiger partial charge in [0.25, 0.3) is 0 Å². The maximum absolute atomic E-state index is 11.9. The van der Waals surface area contributed by atoms with Gasteiger partial charge in [-0.2, -0.15) is 5.10 Å². The molecule has 0 saturated carbocycles. The largest absolute Gasteiger partial charge is 0.326 e. The summed E-state index contributed by atoms with van der Waals surface area (Å²) in [4.78, 5) is 11.9. The Kier molecular flexibility index (Phi) is 5.10. The zero-order valence-corrected chi connectivity index (χ0v) is 13.2. The van der Waals surface area contributed by atoms with E-state index in [9.17, 15) is 4.79 Å². The minimum atomic E-state index is -0.284. The number of aryl methyl sites for hydroxylation is 2. The Balaban J connectivity index is 2.68. The molecule has 1 aromatic heterocycles. The third-order valence-corrected chi connectivity index (χ3v) is 3.83. The van der Waals surface area contributed by atoms with Crippen LogP contribution in [-0.2, 0) is 24.7 Å². The van der Waals surface area contributed by atoms with Crippen molar-refractivity contribution in [1.82, 2.24) is 9.78 Å². The van der Waals surface area contributed by atoms with E-state index in [4.69, 9.17) is 5.73 Å². The van der Waals surface area contributed by atoms with Crippen molar-refractivity contribution in [2.24, 2.45) is 12.8 Å². The number of carbonyl (C=O) groups is 1. The van der Waals surface area contributed by atoms with E-state index in [0.717, 1.165) is 22.3 Å². The van der Waals surface area contributed by atoms with Gasteiger partial charge in [0, 0.05) is 25.4 Å². The molecular formula is C13H22BrN3O. The van der Waals surface area contributed by atoms with Crippen molar-refractivity contribution in [3.63, 3.8) is 0 Å². The van der Waals surface area contributed by atoms with Gasteiger partial charge < -0.3 is 5.73 Å². The van der Waals surface area contributed by atoms with E-state index < -0.39 is 0 Å². The molecule has 1 rings (SSSR count). The fourth-order valence-corrected chi connectivity index (χ4v) is 2.51. The van der Waals surface area contributed by atoms with E-state index in [1.807, 2.05) is 20.9 Å². The van der Waals surface area contributed by atoms with Crippen LogP contribution in [-0.4, -0.2) is 21.1 Å². The van der Waals surface area contributed by atoms with Crippen LogP contribution in [0.4, 0.5) is 0 Å². The summed E-state index contributed by atoms with van der Waals surface area (Å²) in [6.45, 7) is 5.93. The van der Waals surface area contributed by atoms with Crippen molar-refractivity contribution in [1.29, 1.82) is 0 Å². The number of carbonyl (C=O) groups excluding carboxylic acids is 1. The molecule has 0 aliphatic rings. The molecule has 0 atom stereocenters. The van der Waals surface area contributed by atoms with Crippen LogP contribution in [0.25, 0.3) is 0 Å². The summed E-state index contributed by atoms with van der Waals surface area (Å²) in [7, 11) is 1.87. The predicted octanol–water partition coefficient (Wildman–Crippen LogP) is 2.37. The van der Waals surface area contributed by atoms with Gasteiger partial charge in [-0.25, -0.2) is 0 Å². The molecule has 0 aliphatic carbocycles. The Labute approximate surface area is 117 Å². The fraction of sp³-hybridized carbons (Fsp3) is 0.692. The van der Waals surface area contributed by atoms with Crippen LogP contribution in [0.5, 0.6) is 0 Å². The molecule has 0 aromatic carbocycles. The van der Waals surface area contributed by atoms with Gasteiger partial charge in [-0.05, 0) is 42.6 Å². The number of nitrogens with two attached hydrogens (primary N) is 1. The van der Waals surface area contributed by atoms with Crippen LogP contribution < -0.4 is 5.73 Å². The quantitative estimate of drug-likeness (QED) is 0.876. The predicted molar refractivity (Wildman–Crippen MR) is 76.5 cm³/mol. The minimum Gasteiger partial charge on any atom is -0.326 e. The normalized spacial score (nSPS) is 11.9. The summed E-state index contributed by atoms with van der Waals surface area (Å²) in [6, 6.07) is 0. The number of hydrogen-bond acceptors (Lipinski definition) is 3. The Bertz CT molecular complexity index is 432. The highest BCUT2D eigenvalue weighted by Gasteiger charge is 2.18. The van der Waals surface area contributed by atoms with Gasteiger partial charge in [0.15, 0.2) is 0 Å². The van der Waals surface area contributed by atoms with Gasteiger partial charge in [-0.15, -0.1) is 0 Å². The van der Waals surface area contributed by atoms with Crippen molar-refractivity contribution in [3.05, 3.63) is 15.9 Å². The van der Waals surface area contributed by atoms with Crippen LogP contribution in [0.3, 0.4) is 0 Å². The first-order valence-electron chi connectivity index (χ1n) is 6.25. The Morgan fingerprint density at radius 3 is 2.56 bits per heavy atom. The lowest BCUT2D eigenvalue weighted by molar-refractivity contribution is -0.118. The smallest absolute Gasteiger partial charge is 0.138 e. The zero-order valence-electron chi connectivity index (χ0n) is 11.6. The maximum Gasteiger partial charge on any atom is 0.138 e. The van der Waals surface area contributed by atoms with Crippen molar-refractivity contribution in [2.75, 3.05) is 0 Å². The second kappa shape index (κ2) is 5.97. The molecule has 1 heterocycles. The molecule has 0 saturated heterocycles. The second-order valence-electron chi connectivity index (χ2n) is 5.39. The van der Waals surface area contributed by atoms with Crippen LogP contribution in [0.1, 0.15) is 45.0 Å². The molecule has 0 amide bonds. The summed E-state index contributed by atoms with van der Waals surface area (Å²) >= 11 is 3.52. The summed E-state index contributed by atoms with van der Waals surface area (Å²) in [5.74, 6) is 0.208. The number of halogens is 1. The molecule has 2 N–H and O–H groups in total. The average molecular weight is 316 g/mol. The lowest BCUT2D eigenvalue weighted by atomic mass is 9.97. The summed E-state index contributed by atoms with van der Waals surface area (Å²) in [5.41, 5.74) is 7.55. The number of Topliss-reactive ketones (excluding diaryl/α,β-unsaturated/α-hetero) is 1. The van der Waals surface area contributed by atoms with E-state index in [1.54, 1.807) is 4.68 Å². The first kappa shape index (κ1) is 15.4. The Morgan fingerprint density at radius 2 is 2.11 bits per heavy atom. The monoisotopic (exact) mass is 315 g/mol. The molecule has 102 valence electrons. The van der Waals surface area contributed by atoms with Crippen LogP contribution in [0.2, 0.25) is 0 Å². The fourth-order valence-electron chi connectivity index (χ4n) is 1.75. The van der Waals surface area contributed by atoms with Gasteiger partial charge >= 0.3 is 0 Å². The third-order valence-electron chi connectivity index (χ3n) is 2.92. The molecule has 5 heteroatoms. The van der Waals surface area contributed by atoms with E-state index in [0.29, 0.717) is 19.3 Å². The van der Waals surface area contributed by atoms with E-state index in [2.05, 4.69) is 28.0 Å². The highest BCUT2D eigenvalue weighted by atomic mass is 79.9. The molecule has 4 nitrogen and oxygen atoms in total. The Morgan fingerprint density at radius 1 is 1.50 bits per heavy atom. The summed E-state index contributed by atoms with van der Waals surface area (Å²) in [6.07, 6.45) is 2.50. The highest BCUT2D eigenvalue weighted by Crippen LogP contribution is 2.22. The molecule has 0 bridgehead atoms.